The molecule has 82 valence electrons. The standard InChI is InChI=1S/C12H18N2O/c1-10(15)14-12(8-5-9-13)11-6-3-2-4-7-11/h2-4,6-7,12H,5,8-9,13H2,1H3,(H,14,15). The summed E-state index contributed by atoms with van der Waals surface area (Å²) in [5.74, 6) is 0.000810. The van der Waals surface area contributed by atoms with Gasteiger partial charge in [0.2, 0.25) is 5.91 Å². The van der Waals surface area contributed by atoms with Gasteiger partial charge in [-0.3, -0.25) is 4.79 Å². The van der Waals surface area contributed by atoms with Gasteiger partial charge in [-0.1, -0.05) is 30.3 Å². The Morgan fingerprint density at radius 3 is 2.60 bits per heavy atom. The van der Waals surface area contributed by atoms with E-state index in [9.17, 15) is 4.79 Å². The van der Waals surface area contributed by atoms with Crippen molar-refractivity contribution in [1.82, 2.24) is 5.32 Å². The van der Waals surface area contributed by atoms with E-state index in [4.69, 9.17) is 5.73 Å². The maximum Gasteiger partial charge on any atom is 0.217 e. The van der Waals surface area contributed by atoms with E-state index in [1.807, 2.05) is 30.3 Å². The van der Waals surface area contributed by atoms with Crippen LogP contribution in [0, 0.1) is 0 Å². The minimum Gasteiger partial charge on any atom is -0.350 e. The smallest absolute Gasteiger partial charge is 0.217 e. The fraction of sp³-hybridized carbons (Fsp3) is 0.417. The summed E-state index contributed by atoms with van der Waals surface area (Å²) < 4.78 is 0. The van der Waals surface area contributed by atoms with Crippen LogP contribution in [0.15, 0.2) is 30.3 Å². The van der Waals surface area contributed by atoms with Gasteiger partial charge < -0.3 is 11.1 Å². The zero-order chi connectivity index (χ0) is 11.1. The number of carbonyl (C=O) groups excluding carboxylic acids is 1. The summed E-state index contributed by atoms with van der Waals surface area (Å²) in [6, 6.07) is 10.1. The first kappa shape index (κ1) is 11.7. The molecule has 1 atom stereocenters. The molecule has 0 aromatic heterocycles. The Labute approximate surface area is 90.7 Å². The lowest BCUT2D eigenvalue weighted by Gasteiger charge is -2.17. The second kappa shape index (κ2) is 6.19. The van der Waals surface area contributed by atoms with E-state index in [0.717, 1.165) is 18.4 Å². The lowest BCUT2D eigenvalue weighted by atomic mass is 10.0. The third-order valence-corrected chi connectivity index (χ3v) is 2.28. The van der Waals surface area contributed by atoms with Gasteiger partial charge in [0.05, 0.1) is 6.04 Å². The summed E-state index contributed by atoms with van der Waals surface area (Å²) in [7, 11) is 0. The monoisotopic (exact) mass is 206 g/mol. The molecule has 0 saturated heterocycles. The molecule has 1 rings (SSSR count). The molecule has 0 aliphatic carbocycles. The maximum atomic E-state index is 11.0. The Bertz CT molecular complexity index is 298. The molecule has 0 heterocycles. The fourth-order valence-corrected chi connectivity index (χ4v) is 1.57. The number of amides is 1. The van der Waals surface area contributed by atoms with E-state index >= 15 is 0 Å². The number of benzene rings is 1. The van der Waals surface area contributed by atoms with Gasteiger partial charge in [-0.25, -0.2) is 0 Å². The maximum absolute atomic E-state index is 11.0. The van der Waals surface area contributed by atoms with Gasteiger partial charge in [0.1, 0.15) is 0 Å². The third kappa shape index (κ3) is 4.13. The van der Waals surface area contributed by atoms with Crippen LogP contribution in [-0.4, -0.2) is 12.5 Å². The third-order valence-electron chi connectivity index (χ3n) is 2.28. The first-order chi connectivity index (χ1) is 7.24. The molecule has 0 fully saturated rings. The number of nitrogens with one attached hydrogen (secondary N) is 1. The van der Waals surface area contributed by atoms with E-state index < -0.39 is 0 Å². The SMILES string of the molecule is CC(=O)NC(CCCN)c1ccccc1. The Hall–Kier alpha value is -1.35. The molecule has 0 spiro atoms. The number of rotatable bonds is 5. The van der Waals surface area contributed by atoms with Crippen LogP contribution in [0.2, 0.25) is 0 Å². The van der Waals surface area contributed by atoms with Crippen molar-refractivity contribution in [2.45, 2.75) is 25.8 Å². The molecule has 3 nitrogen and oxygen atoms in total. The highest BCUT2D eigenvalue weighted by Gasteiger charge is 2.10. The molecule has 1 unspecified atom stereocenters. The van der Waals surface area contributed by atoms with Crippen molar-refractivity contribution < 1.29 is 4.79 Å². The molecule has 3 N–H and O–H groups in total. The van der Waals surface area contributed by atoms with Crippen LogP contribution in [0.1, 0.15) is 31.4 Å². The van der Waals surface area contributed by atoms with Gasteiger partial charge >= 0.3 is 0 Å². The molecule has 0 aliphatic heterocycles. The van der Waals surface area contributed by atoms with Crippen LogP contribution in [-0.2, 0) is 4.79 Å². The van der Waals surface area contributed by atoms with Gasteiger partial charge in [-0.2, -0.15) is 0 Å². The summed E-state index contributed by atoms with van der Waals surface area (Å²) >= 11 is 0. The van der Waals surface area contributed by atoms with Crippen LogP contribution < -0.4 is 11.1 Å². The zero-order valence-corrected chi connectivity index (χ0v) is 9.07. The van der Waals surface area contributed by atoms with Gasteiger partial charge in [0.15, 0.2) is 0 Å². The molecule has 1 aromatic rings. The lowest BCUT2D eigenvalue weighted by molar-refractivity contribution is -0.119. The van der Waals surface area contributed by atoms with E-state index in [1.165, 1.54) is 0 Å². The topological polar surface area (TPSA) is 55.1 Å². The van der Waals surface area contributed by atoms with Crippen LogP contribution in [0.4, 0.5) is 0 Å². The first-order valence-electron chi connectivity index (χ1n) is 5.26. The summed E-state index contributed by atoms with van der Waals surface area (Å²) in [5, 5.41) is 2.94. The van der Waals surface area contributed by atoms with E-state index in [2.05, 4.69) is 5.32 Å². The summed E-state index contributed by atoms with van der Waals surface area (Å²) in [5.41, 5.74) is 6.61. The largest absolute Gasteiger partial charge is 0.350 e. The molecule has 1 amide bonds. The second-order valence-corrected chi connectivity index (χ2v) is 3.59. The Morgan fingerprint density at radius 1 is 1.40 bits per heavy atom. The quantitative estimate of drug-likeness (QED) is 0.769. The summed E-state index contributed by atoms with van der Waals surface area (Å²) in [4.78, 5) is 11.0. The molecule has 15 heavy (non-hydrogen) atoms. The molecule has 3 heteroatoms. The molecule has 0 radical (unpaired) electrons. The van der Waals surface area contributed by atoms with Crippen molar-refractivity contribution in [3.8, 4) is 0 Å². The summed E-state index contributed by atoms with van der Waals surface area (Å²) in [6.45, 7) is 2.20. The average Bonchev–Trinajstić information content (AvgIpc) is 2.25. The average molecular weight is 206 g/mol. The Balaban J connectivity index is 2.67. The highest BCUT2D eigenvalue weighted by molar-refractivity contribution is 5.73. The predicted octanol–water partition coefficient (Wildman–Crippen LogP) is 1.60. The molecule has 0 saturated carbocycles. The second-order valence-electron chi connectivity index (χ2n) is 3.59. The van der Waals surface area contributed by atoms with Gasteiger partial charge in [0, 0.05) is 6.92 Å². The van der Waals surface area contributed by atoms with Crippen LogP contribution in [0.25, 0.3) is 0 Å². The molecular formula is C12H18N2O. The predicted molar refractivity (Wildman–Crippen MR) is 61.3 cm³/mol. The van der Waals surface area contributed by atoms with Crippen LogP contribution in [0.3, 0.4) is 0 Å². The number of nitrogens with two attached hydrogens (primary N) is 1. The van der Waals surface area contributed by atoms with Gasteiger partial charge in [0.25, 0.3) is 0 Å². The van der Waals surface area contributed by atoms with Gasteiger partial charge in [-0.05, 0) is 24.9 Å². The zero-order valence-electron chi connectivity index (χ0n) is 9.07. The first-order valence-corrected chi connectivity index (χ1v) is 5.26. The fourth-order valence-electron chi connectivity index (χ4n) is 1.57. The van der Waals surface area contributed by atoms with Crippen molar-refractivity contribution >= 4 is 5.91 Å². The van der Waals surface area contributed by atoms with E-state index in [1.54, 1.807) is 6.92 Å². The van der Waals surface area contributed by atoms with Crippen molar-refractivity contribution in [3.63, 3.8) is 0 Å². The highest BCUT2D eigenvalue weighted by Crippen LogP contribution is 2.17. The Kier molecular flexibility index (Phi) is 4.84. The number of carbonyl (C=O) groups is 1. The number of hydrogen-bond donors (Lipinski definition) is 2. The molecule has 0 aliphatic rings. The number of hydrogen-bond acceptors (Lipinski definition) is 2. The van der Waals surface area contributed by atoms with Crippen LogP contribution in [0.5, 0.6) is 0 Å². The molecular weight excluding hydrogens is 188 g/mol. The summed E-state index contributed by atoms with van der Waals surface area (Å²) in [6.07, 6.45) is 1.81. The highest BCUT2D eigenvalue weighted by atomic mass is 16.1. The van der Waals surface area contributed by atoms with Crippen molar-refractivity contribution in [1.29, 1.82) is 0 Å². The van der Waals surface area contributed by atoms with Gasteiger partial charge in [-0.15, -0.1) is 0 Å². The molecule has 1 aromatic carbocycles. The van der Waals surface area contributed by atoms with E-state index in [0.29, 0.717) is 6.54 Å². The van der Waals surface area contributed by atoms with E-state index in [-0.39, 0.29) is 11.9 Å². The van der Waals surface area contributed by atoms with Crippen molar-refractivity contribution in [3.05, 3.63) is 35.9 Å². The normalized spacial score (nSPS) is 12.1. The Morgan fingerprint density at radius 2 is 2.07 bits per heavy atom. The molecule has 0 bridgehead atoms. The van der Waals surface area contributed by atoms with Crippen LogP contribution >= 0.6 is 0 Å². The lowest BCUT2D eigenvalue weighted by Crippen LogP contribution is -2.26. The minimum absolute atomic E-state index is 0.000810. The van der Waals surface area contributed by atoms with Crippen molar-refractivity contribution in [2.24, 2.45) is 5.73 Å². The van der Waals surface area contributed by atoms with Crippen molar-refractivity contribution in [2.75, 3.05) is 6.54 Å². The minimum atomic E-state index is 0.000810.